The highest BCUT2D eigenvalue weighted by molar-refractivity contribution is 5.88. The van der Waals surface area contributed by atoms with Crippen LogP contribution < -0.4 is 0 Å². The minimum atomic E-state index is -1.17. The lowest BCUT2D eigenvalue weighted by atomic mass is 9.91. The van der Waals surface area contributed by atoms with E-state index in [-0.39, 0.29) is 19.6 Å². The largest absolute Gasteiger partial charge is 0.480 e. The van der Waals surface area contributed by atoms with Gasteiger partial charge in [-0.05, 0) is 36.8 Å². The van der Waals surface area contributed by atoms with Gasteiger partial charge in [0.2, 0.25) is 0 Å². The molecule has 7 nitrogen and oxygen atoms in total. The Hall–Kier alpha value is -3.35. The number of aliphatic carboxylic acids is 1. The van der Waals surface area contributed by atoms with Gasteiger partial charge in [-0.1, -0.05) is 60.7 Å². The molecular formula is C23H25NO6. The molecule has 2 aromatic carbocycles. The monoisotopic (exact) mass is 411 g/mol. The summed E-state index contributed by atoms with van der Waals surface area (Å²) in [6, 6.07) is 16.4. The summed E-state index contributed by atoms with van der Waals surface area (Å²) in [6.45, 7) is 1.80. The second kappa shape index (κ2) is 9.91. The van der Waals surface area contributed by atoms with Crippen molar-refractivity contribution in [1.29, 1.82) is 0 Å². The fourth-order valence-corrected chi connectivity index (χ4v) is 3.85. The zero-order valence-electron chi connectivity index (χ0n) is 16.8. The number of amides is 1. The molecule has 2 aromatic rings. The molecule has 1 fully saturated rings. The lowest BCUT2D eigenvalue weighted by Crippen LogP contribution is -2.50. The number of hydrogen-bond donors (Lipinski definition) is 1. The molecule has 1 N–H and O–H groups in total. The number of carbonyl (C=O) groups excluding carboxylic acids is 2. The van der Waals surface area contributed by atoms with E-state index in [0.717, 1.165) is 16.0 Å². The summed E-state index contributed by atoms with van der Waals surface area (Å²) in [7, 11) is 0. The van der Waals surface area contributed by atoms with E-state index < -0.39 is 36.0 Å². The smallest absolute Gasteiger partial charge is 0.411 e. The lowest BCUT2D eigenvalue weighted by molar-refractivity contribution is -0.151. The van der Waals surface area contributed by atoms with Crippen molar-refractivity contribution in [2.75, 3.05) is 6.61 Å². The molecule has 0 aromatic heterocycles. The number of benzene rings is 2. The van der Waals surface area contributed by atoms with Crippen molar-refractivity contribution in [1.82, 2.24) is 4.90 Å². The Balaban J connectivity index is 1.84. The summed E-state index contributed by atoms with van der Waals surface area (Å²) in [4.78, 5) is 38.6. The van der Waals surface area contributed by atoms with Crippen LogP contribution in [-0.4, -0.2) is 46.7 Å². The van der Waals surface area contributed by atoms with Crippen molar-refractivity contribution >= 4 is 18.0 Å². The molecule has 0 aliphatic carbocycles. The molecule has 0 unspecified atom stereocenters. The number of carbonyl (C=O) groups is 3. The van der Waals surface area contributed by atoms with Crippen molar-refractivity contribution in [2.24, 2.45) is 5.92 Å². The molecule has 30 heavy (non-hydrogen) atoms. The molecule has 0 radical (unpaired) electrons. The number of nitrogens with zero attached hydrogens (tertiary/aromatic N) is 1. The van der Waals surface area contributed by atoms with Crippen LogP contribution in [0.4, 0.5) is 4.79 Å². The molecule has 1 saturated heterocycles. The lowest BCUT2D eigenvalue weighted by Gasteiger charge is -2.28. The summed E-state index contributed by atoms with van der Waals surface area (Å²) >= 11 is 0. The molecular weight excluding hydrogens is 386 g/mol. The maximum absolute atomic E-state index is 12.9. The van der Waals surface area contributed by atoms with Crippen LogP contribution in [0.25, 0.3) is 0 Å². The average Bonchev–Trinajstić information content (AvgIpc) is 3.13. The van der Waals surface area contributed by atoms with Gasteiger partial charge in [0.1, 0.15) is 18.7 Å². The van der Waals surface area contributed by atoms with E-state index in [2.05, 4.69) is 0 Å². The minimum Gasteiger partial charge on any atom is -0.480 e. The summed E-state index contributed by atoms with van der Waals surface area (Å²) in [6.07, 6.45) is -0.232. The van der Waals surface area contributed by atoms with Gasteiger partial charge in [-0.2, -0.15) is 0 Å². The third-order valence-electron chi connectivity index (χ3n) is 5.18. The van der Waals surface area contributed by atoms with Crippen LogP contribution in [0.1, 0.15) is 24.5 Å². The van der Waals surface area contributed by atoms with Crippen molar-refractivity contribution in [3.8, 4) is 0 Å². The second-order valence-corrected chi connectivity index (χ2v) is 7.18. The average molecular weight is 411 g/mol. The van der Waals surface area contributed by atoms with Gasteiger partial charge >= 0.3 is 18.0 Å². The molecule has 0 bridgehead atoms. The Morgan fingerprint density at radius 1 is 0.967 bits per heavy atom. The zero-order chi connectivity index (χ0) is 21.5. The maximum Gasteiger partial charge on any atom is 0.411 e. The van der Waals surface area contributed by atoms with E-state index in [1.165, 1.54) is 0 Å². The van der Waals surface area contributed by atoms with Gasteiger partial charge in [0, 0.05) is 0 Å². The van der Waals surface area contributed by atoms with Crippen molar-refractivity contribution in [2.45, 2.75) is 38.5 Å². The Morgan fingerprint density at radius 3 is 2.13 bits per heavy atom. The fourth-order valence-electron chi connectivity index (χ4n) is 3.85. The summed E-state index contributed by atoms with van der Waals surface area (Å²) < 4.78 is 10.5. The van der Waals surface area contributed by atoms with E-state index in [0.29, 0.717) is 6.42 Å². The number of likely N-dealkylation sites (tertiary alicyclic amines) is 1. The van der Waals surface area contributed by atoms with Crippen LogP contribution in [-0.2, 0) is 32.1 Å². The highest BCUT2D eigenvalue weighted by atomic mass is 16.6. The van der Waals surface area contributed by atoms with Crippen LogP contribution >= 0.6 is 0 Å². The quantitative estimate of drug-likeness (QED) is 0.703. The highest BCUT2D eigenvalue weighted by Crippen LogP contribution is 2.34. The molecule has 1 aliphatic heterocycles. The normalized spacial score (nSPS) is 20.6. The van der Waals surface area contributed by atoms with E-state index in [4.69, 9.17) is 9.47 Å². The second-order valence-electron chi connectivity index (χ2n) is 7.18. The maximum atomic E-state index is 12.9. The Labute approximate surface area is 175 Å². The van der Waals surface area contributed by atoms with Gasteiger partial charge in [-0.3, -0.25) is 4.90 Å². The van der Waals surface area contributed by atoms with Gasteiger partial charge < -0.3 is 14.6 Å². The van der Waals surface area contributed by atoms with Crippen LogP contribution in [0.15, 0.2) is 60.7 Å². The summed E-state index contributed by atoms with van der Waals surface area (Å²) in [5.41, 5.74) is 1.73. The number of carboxylic acid groups (broad SMARTS) is 1. The number of hydrogen-bond acceptors (Lipinski definition) is 5. The van der Waals surface area contributed by atoms with E-state index in [1.807, 2.05) is 48.5 Å². The summed E-state index contributed by atoms with van der Waals surface area (Å²) in [5, 5.41) is 9.73. The van der Waals surface area contributed by atoms with E-state index in [1.54, 1.807) is 19.1 Å². The molecule has 3 atom stereocenters. The van der Waals surface area contributed by atoms with Gasteiger partial charge in [0.25, 0.3) is 0 Å². The Bertz CT molecular complexity index is 870. The fraction of sp³-hybridized carbons (Fsp3) is 0.348. The van der Waals surface area contributed by atoms with Crippen molar-refractivity contribution in [3.05, 3.63) is 71.8 Å². The van der Waals surface area contributed by atoms with Gasteiger partial charge in [0.15, 0.2) is 0 Å². The molecule has 0 saturated carbocycles. The topological polar surface area (TPSA) is 93.1 Å². The number of carboxylic acids is 1. The first kappa shape index (κ1) is 21.4. The van der Waals surface area contributed by atoms with Crippen LogP contribution in [0.5, 0.6) is 0 Å². The predicted molar refractivity (Wildman–Crippen MR) is 109 cm³/mol. The van der Waals surface area contributed by atoms with Crippen LogP contribution in [0.2, 0.25) is 0 Å². The summed E-state index contributed by atoms with van der Waals surface area (Å²) in [5.74, 6) is -2.17. The zero-order valence-corrected chi connectivity index (χ0v) is 16.8. The van der Waals surface area contributed by atoms with Crippen molar-refractivity contribution in [3.63, 3.8) is 0 Å². The first-order valence-electron chi connectivity index (χ1n) is 9.93. The predicted octanol–water partition coefficient (Wildman–Crippen LogP) is 3.27. The van der Waals surface area contributed by atoms with Gasteiger partial charge in [0.05, 0.1) is 6.61 Å². The standard InChI is InChI=1S/C23H25NO6/c1-2-29-22(27)20-18(13-16-9-5-3-6-10-16)14-19(21(25)26)24(20)23(28)30-15-17-11-7-4-8-12-17/h3-12,18-20H,2,13-15H2,1H3,(H,25,26)/t18-,19-,20-/m0/s1. The van der Waals surface area contributed by atoms with E-state index >= 15 is 0 Å². The first-order chi connectivity index (χ1) is 14.5. The number of rotatable bonds is 7. The van der Waals surface area contributed by atoms with Crippen molar-refractivity contribution < 1.29 is 29.0 Å². The number of esters is 1. The molecule has 158 valence electrons. The molecule has 7 heteroatoms. The SMILES string of the molecule is CCOC(=O)[C@@H]1[C@@H](Cc2ccccc2)C[C@@H](C(=O)O)N1C(=O)OCc1ccccc1. The Kier molecular flexibility index (Phi) is 7.06. The minimum absolute atomic E-state index is 0.0125. The number of ether oxygens (including phenoxy) is 2. The third-order valence-corrected chi connectivity index (χ3v) is 5.18. The molecule has 0 spiro atoms. The Morgan fingerprint density at radius 2 is 1.57 bits per heavy atom. The van der Waals surface area contributed by atoms with E-state index in [9.17, 15) is 19.5 Å². The molecule has 1 heterocycles. The van der Waals surface area contributed by atoms with Gasteiger partial charge in [-0.15, -0.1) is 0 Å². The molecule has 1 amide bonds. The first-order valence-corrected chi connectivity index (χ1v) is 9.93. The van der Waals surface area contributed by atoms with Crippen LogP contribution in [0, 0.1) is 5.92 Å². The molecule has 1 aliphatic rings. The molecule has 3 rings (SSSR count). The third kappa shape index (κ3) is 4.97. The van der Waals surface area contributed by atoms with Gasteiger partial charge in [-0.25, -0.2) is 14.4 Å². The van der Waals surface area contributed by atoms with Crippen LogP contribution in [0.3, 0.4) is 0 Å². The highest BCUT2D eigenvalue weighted by Gasteiger charge is 2.51.